The highest BCUT2D eigenvalue weighted by molar-refractivity contribution is 5.99. The standard InChI is InChI=1S/C18H23N5O3/c1-12(17-21-19-11-23(17)7-8-25-3)20-18(24)16-10-13-9-14(26-4)5-6-15(13)22(16)2/h5-6,9-12H,7-8H2,1-4H3,(H,20,24). The maximum atomic E-state index is 12.8. The number of rotatable bonds is 7. The number of aryl methyl sites for hydroxylation is 1. The molecule has 0 aliphatic carbocycles. The van der Waals surface area contributed by atoms with Crippen LogP contribution in [0.15, 0.2) is 30.6 Å². The summed E-state index contributed by atoms with van der Waals surface area (Å²) in [6, 6.07) is 7.31. The van der Waals surface area contributed by atoms with Crippen molar-refractivity contribution in [3.05, 3.63) is 42.1 Å². The SMILES string of the molecule is COCCn1cnnc1C(C)NC(=O)c1cc2cc(OC)ccc2n1C. The molecule has 0 fully saturated rings. The zero-order valence-electron chi connectivity index (χ0n) is 15.4. The van der Waals surface area contributed by atoms with Crippen molar-refractivity contribution in [1.82, 2.24) is 24.6 Å². The maximum absolute atomic E-state index is 12.8. The van der Waals surface area contributed by atoms with E-state index in [1.165, 1.54) is 0 Å². The second-order valence-electron chi connectivity index (χ2n) is 6.08. The Morgan fingerprint density at radius 3 is 2.85 bits per heavy atom. The van der Waals surface area contributed by atoms with Crippen molar-refractivity contribution in [2.45, 2.75) is 19.5 Å². The van der Waals surface area contributed by atoms with Gasteiger partial charge in [0.2, 0.25) is 0 Å². The minimum atomic E-state index is -0.283. The molecule has 3 aromatic rings. The number of carbonyl (C=O) groups is 1. The van der Waals surface area contributed by atoms with Gasteiger partial charge in [0.1, 0.15) is 17.8 Å². The number of amides is 1. The molecule has 3 rings (SSSR count). The van der Waals surface area contributed by atoms with E-state index in [1.807, 2.05) is 47.4 Å². The Morgan fingerprint density at radius 1 is 1.31 bits per heavy atom. The molecule has 1 unspecified atom stereocenters. The predicted molar refractivity (Wildman–Crippen MR) is 97.3 cm³/mol. The lowest BCUT2D eigenvalue weighted by atomic mass is 10.2. The first kappa shape index (κ1) is 17.9. The monoisotopic (exact) mass is 357 g/mol. The third kappa shape index (κ3) is 3.41. The molecule has 0 saturated heterocycles. The molecule has 0 bridgehead atoms. The summed E-state index contributed by atoms with van der Waals surface area (Å²) in [6.45, 7) is 3.07. The van der Waals surface area contributed by atoms with Gasteiger partial charge in [0.05, 0.1) is 19.8 Å². The van der Waals surface area contributed by atoms with Crippen molar-refractivity contribution in [3.8, 4) is 5.75 Å². The first-order valence-corrected chi connectivity index (χ1v) is 8.36. The van der Waals surface area contributed by atoms with Crippen molar-refractivity contribution >= 4 is 16.8 Å². The number of carbonyl (C=O) groups excluding carboxylic acids is 1. The first-order chi connectivity index (χ1) is 12.5. The van der Waals surface area contributed by atoms with Crippen molar-refractivity contribution in [2.24, 2.45) is 7.05 Å². The summed E-state index contributed by atoms with van der Waals surface area (Å²) >= 11 is 0. The average molecular weight is 357 g/mol. The zero-order chi connectivity index (χ0) is 18.7. The molecule has 8 heteroatoms. The number of ether oxygens (including phenoxy) is 2. The van der Waals surface area contributed by atoms with Gasteiger partial charge in [-0.25, -0.2) is 0 Å². The molecule has 1 N–H and O–H groups in total. The molecule has 138 valence electrons. The van der Waals surface area contributed by atoms with Gasteiger partial charge in [-0.05, 0) is 31.2 Å². The third-order valence-electron chi connectivity index (χ3n) is 4.40. The molecule has 8 nitrogen and oxygen atoms in total. The summed E-state index contributed by atoms with van der Waals surface area (Å²) in [4.78, 5) is 12.8. The van der Waals surface area contributed by atoms with E-state index in [-0.39, 0.29) is 11.9 Å². The minimum Gasteiger partial charge on any atom is -0.497 e. The van der Waals surface area contributed by atoms with Crippen LogP contribution in [0.25, 0.3) is 10.9 Å². The van der Waals surface area contributed by atoms with Gasteiger partial charge >= 0.3 is 0 Å². The van der Waals surface area contributed by atoms with Crippen molar-refractivity contribution in [3.63, 3.8) is 0 Å². The summed E-state index contributed by atoms with van der Waals surface area (Å²) in [7, 11) is 5.14. The van der Waals surface area contributed by atoms with Crippen LogP contribution in [0.1, 0.15) is 29.3 Å². The van der Waals surface area contributed by atoms with Gasteiger partial charge in [-0.2, -0.15) is 0 Å². The highest BCUT2D eigenvalue weighted by Crippen LogP contribution is 2.24. The Balaban J connectivity index is 1.80. The minimum absolute atomic E-state index is 0.170. The van der Waals surface area contributed by atoms with Crippen molar-refractivity contribution in [1.29, 1.82) is 0 Å². The van der Waals surface area contributed by atoms with Gasteiger partial charge in [0.15, 0.2) is 5.82 Å². The average Bonchev–Trinajstić information content (AvgIpc) is 3.24. The fourth-order valence-corrected chi connectivity index (χ4v) is 2.97. The smallest absolute Gasteiger partial charge is 0.268 e. The molecular weight excluding hydrogens is 334 g/mol. The van der Waals surface area contributed by atoms with E-state index in [2.05, 4.69) is 15.5 Å². The van der Waals surface area contributed by atoms with Gasteiger partial charge in [-0.3, -0.25) is 4.79 Å². The highest BCUT2D eigenvalue weighted by Gasteiger charge is 2.19. The normalized spacial score (nSPS) is 12.3. The number of fused-ring (bicyclic) bond motifs is 1. The van der Waals surface area contributed by atoms with Gasteiger partial charge in [0.25, 0.3) is 5.91 Å². The molecule has 1 atom stereocenters. The lowest BCUT2D eigenvalue weighted by molar-refractivity contribution is 0.0929. The third-order valence-corrected chi connectivity index (χ3v) is 4.40. The molecule has 0 aliphatic heterocycles. The van der Waals surface area contributed by atoms with E-state index in [4.69, 9.17) is 9.47 Å². The summed E-state index contributed by atoms with van der Waals surface area (Å²) in [5, 5.41) is 12.0. The molecule has 2 aromatic heterocycles. The fraction of sp³-hybridized carbons (Fsp3) is 0.389. The Kier molecular flexibility index (Phi) is 5.22. The molecule has 0 aliphatic rings. The Morgan fingerprint density at radius 2 is 2.12 bits per heavy atom. The molecule has 1 amide bonds. The predicted octanol–water partition coefficient (Wildman–Crippen LogP) is 1.92. The van der Waals surface area contributed by atoms with E-state index in [1.54, 1.807) is 20.5 Å². The summed E-state index contributed by atoms with van der Waals surface area (Å²) < 4.78 is 14.1. The van der Waals surface area contributed by atoms with Crippen LogP contribution in [0.5, 0.6) is 5.75 Å². The van der Waals surface area contributed by atoms with Crippen LogP contribution in [0.2, 0.25) is 0 Å². The number of methoxy groups -OCH3 is 2. The molecule has 0 saturated carbocycles. The second-order valence-corrected chi connectivity index (χ2v) is 6.08. The Bertz CT molecular complexity index is 915. The lowest BCUT2D eigenvalue weighted by Gasteiger charge is -2.15. The largest absolute Gasteiger partial charge is 0.497 e. The topological polar surface area (TPSA) is 83.2 Å². The molecule has 0 radical (unpaired) electrons. The van der Waals surface area contributed by atoms with E-state index in [9.17, 15) is 4.79 Å². The van der Waals surface area contributed by atoms with Gasteiger partial charge < -0.3 is 23.9 Å². The van der Waals surface area contributed by atoms with E-state index in [0.29, 0.717) is 24.7 Å². The number of nitrogens with one attached hydrogen (secondary N) is 1. The fourth-order valence-electron chi connectivity index (χ4n) is 2.97. The highest BCUT2D eigenvalue weighted by atomic mass is 16.5. The van der Waals surface area contributed by atoms with E-state index < -0.39 is 0 Å². The summed E-state index contributed by atoms with van der Waals surface area (Å²) in [5.41, 5.74) is 1.54. The second kappa shape index (κ2) is 7.57. The molecule has 1 aromatic carbocycles. The van der Waals surface area contributed by atoms with Crippen LogP contribution in [0, 0.1) is 0 Å². The first-order valence-electron chi connectivity index (χ1n) is 8.36. The van der Waals surface area contributed by atoms with Gasteiger partial charge in [-0.15, -0.1) is 10.2 Å². The molecular formula is C18H23N5O3. The lowest BCUT2D eigenvalue weighted by Crippen LogP contribution is -2.30. The maximum Gasteiger partial charge on any atom is 0.268 e. The zero-order valence-corrected chi connectivity index (χ0v) is 15.4. The van der Waals surface area contributed by atoms with E-state index >= 15 is 0 Å². The number of nitrogens with zero attached hydrogens (tertiary/aromatic N) is 4. The van der Waals surface area contributed by atoms with Gasteiger partial charge in [-0.1, -0.05) is 0 Å². The number of benzene rings is 1. The summed E-state index contributed by atoms with van der Waals surface area (Å²) in [5.74, 6) is 1.28. The van der Waals surface area contributed by atoms with Crippen LogP contribution in [-0.2, 0) is 18.3 Å². The van der Waals surface area contributed by atoms with Crippen molar-refractivity contribution < 1.29 is 14.3 Å². The Labute approximate surface area is 151 Å². The van der Waals surface area contributed by atoms with Crippen molar-refractivity contribution in [2.75, 3.05) is 20.8 Å². The van der Waals surface area contributed by atoms with Crippen LogP contribution in [0.4, 0.5) is 0 Å². The van der Waals surface area contributed by atoms with Gasteiger partial charge in [0, 0.05) is 31.6 Å². The van der Waals surface area contributed by atoms with Crippen LogP contribution >= 0.6 is 0 Å². The number of hydrogen-bond acceptors (Lipinski definition) is 5. The quantitative estimate of drug-likeness (QED) is 0.698. The van der Waals surface area contributed by atoms with Crippen LogP contribution < -0.4 is 10.1 Å². The van der Waals surface area contributed by atoms with E-state index in [0.717, 1.165) is 16.7 Å². The van der Waals surface area contributed by atoms with Crippen LogP contribution in [0.3, 0.4) is 0 Å². The molecule has 26 heavy (non-hydrogen) atoms. The Hall–Kier alpha value is -2.87. The molecule has 0 spiro atoms. The number of hydrogen-bond donors (Lipinski definition) is 1. The number of aromatic nitrogens is 4. The van der Waals surface area contributed by atoms with Crippen LogP contribution in [-0.4, -0.2) is 46.1 Å². The summed E-state index contributed by atoms with van der Waals surface area (Å²) in [6.07, 6.45) is 1.64. The molecule has 2 heterocycles.